The van der Waals surface area contributed by atoms with E-state index in [0.717, 1.165) is 30.6 Å². The van der Waals surface area contributed by atoms with Crippen molar-refractivity contribution in [2.24, 2.45) is 5.41 Å². The molecular weight excluding hydrogens is 342 g/mol. The molecule has 0 radical (unpaired) electrons. The summed E-state index contributed by atoms with van der Waals surface area (Å²) >= 11 is 6.41. The Labute approximate surface area is 151 Å². The number of hydrogen-bond acceptors (Lipinski definition) is 4. The molecule has 0 aromatic heterocycles. The van der Waals surface area contributed by atoms with E-state index in [9.17, 15) is 14.4 Å². The van der Waals surface area contributed by atoms with Crippen molar-refractivity contribution in [1.82, 2.24) is 10.2 Å². The van der Waals surface area contributed by atoms with E-state index in [2.05, 4.69) is 10.2 Å². The summed E-state index contributed by atoms with van der Waals surface area (Å²) in [5.41, 5.74) is 0.505. The van der Waals surface area contributed by atoms with E-state index in [1.54, 1.807) is 19.9 Å². The maximum Gasteiger partial charge on any atom is 0.331 e. The van der Waals surface area contributed by atoms with Crippen molar-refractivity contribution >= 4 is 35.1 Å². The van der Waals surface area contributed by atoms with Crippen LogP contribution in [0.4, 0.5) is 10.5 Å². The van der Waals surface area contributed by atoms with Gasteiger partial charge in [-0.3, -0.25) is 19.8 Å². The van der Waals surface area contributed by atoms with E-state index in [-0.39, 0.29) is 18.5 Å². The van der Waals surface area contributed by atoms with E-state index in [1.165, 1.54) is 4.90 Å². The minimum Gasteiger partial charge on any atom is -0.367 e. The molecule has 2 fully saturated rings. The van der Waals surface area contributed by atoms with Gasteiger partial charge in [-0.05, 0) is 44.4 Å². The Morgan fingerprint density at radius 2 is 2.04 bits per heavy atom. The molecule has 132 valence electrons. The summed E-state index contributed by atoms with van der Waals surface area (Å²) in [6, 6.07) is 4.45. The third-order valence-electron chi connectivity index (χ3n) is 5.64. The number of nitrogens with zero attached hydrogens (tertiary/aromatic N) is 2. The lowest BCUT2D eigenvalue weighted by molar-refractivity contribution is -0.154. The molecule has 3 aliphatic rings. The molecule has 1 aromatic carbocycles. The molecule has 1 aromatic rings. The smallest absolute Gasteiger partial charge is 0.331 e. The van der Waals surface area contributed by atoms with Crippen molar-refractivity contribution < 1.29 is 14.4 Å². The number of hydrogen-bond donors (Lipinski definition) is 1. The SMILES string of the molecule is CC(C)N1C(=O)NC(=O)[C@@]2(Cc3c(Cl)cccc3N3CCC[C@H]32)C1=O. The van der Waals surface area contributed by atoms with Crippen LogP contribution in [-0.4, -0.2) is 41.4 Å². The van der Waals surface area contributed by atoms with Crippen LogP contribution in [0.25, 0.3) is 0 Å². The number of nitrogens with one attached hydrogen (secondary N) is 1. The summed E-state index contributed by atoms with van der Waals surface area (Å²) in [5.74, 6) is -0.902. The van der Waals surface area contributed by atoms with Gasteiger partial charge in [-0.25, -0.2) is 4.79 Å². The number of amides is 4. The molecule has 0 bridgehead atoms. The third kappa shape index (κ3) is 2.06. The van der Waals surface area contributed by atoms with Crippen LogP contribution in [0.2, 0.25) is 5.02 Å². The Morgan fingerprint density at radius 3 is 2.76 bits per heavy atom. The molecule has 0 unspecified atom stereocenters. The number of barbiturate groups is 1. The van der Waals surface area contributed by atoms with Gasteiger partial charge in [0.25, 0.3) is 0 Å². The van der Waals surface area contributed by atoms with E-state index < -0.39 is 23.3 Å². The quantitative estimate of drug-likeness (QED) is 0.779. The number of carbonyl (C=O) groups excluding carboxylic acids is 3. The average Bonchev–Trinajstić information content (AvgIpc) is 3.03. The first-order chi connectivity index (χ1) is 11.9. The van der Waals surface area contributed by atoms with Crippen molar-refractivity contribution in [3.05, 3.63) is 28.8 Å². The van der Waals surface area contributed by atoms with Crippen molar-refractivity contribution in [2.75, 3.05) is 11.4 Å². The van der Waals surface area contributed by atoms with E-state index in [4.69, 9.17) is 11.6 Å². The number of anilines is 1. The number of fused-ring (bicyclic) bond motifs is 4. The minimum atomic E-state index is -1.30. The first-order valence-electron chi connectivity index (χ1n) is 8.61. The molecule has 0 aliphatic carbocycles. The van der Waals surface area contributed by atoms with Gasteiger partial charge in [-0.2, -0.15) is 0 Å². The fourth-order valence-corrected chi connectivity index (χ4v) is 4.78. The second-order valence-electron chi connectivity index (χ2n) is 7.27. The Hall–Kier alpha value is -2.08. The van der Waals surface area contributed by atoms with Crippen LogP contribution in [0.15, 0.2) is 18.2 Å². The van der Waals surface area contributed by atoms with Crippen LogP contribution in [0.3, 0.4) is 0 Å². The molecule has 4 rings (SSSR count). The first-order valence-corrected chi connectivity index (χ1v) is 8.99. The molecule has 0 saturated carbocycles. The highest BCUT2D eigenvalue weighted by Crippen LogP contribution is 2.49. The molecule has 3 aliphatic heterocycles. The van der Waals surface area contributed by atoms with Crippen LogP contribution in [0, 0.1) is 5.41 Å². The fourth-order valence-electron chi connectivity index (χ4n) is 4.55. The second-order valence-corrected chi connectivity index (χ2v) is 7.67. The maximum absolute atomic E-state index is 13.4. The van der Waals surface area contributed by atoms with Crippen molar-refractivity contribution in [1.29, 1.82) is 0 Å². The molecule has 1 spiro atoms. The monoisotopic (exact) mass is 361 g/mol. The number of halogens is 1. The van der Waals surface area contributed by atoms with Crippen LogP contribution in [-0.2, 0) is 16.0 Å². The summed E-state index contributed by atoms with van der Waals surface area (Å²) < 4.78 is 0. The Morgan fingerprint density at radius 1 is 1.28 bits per heavy atom. The second kappa shape index (κ2) is 5.46. The standard InChI is InChI=1S/C18H20ClN3O3/c1-10(2)22-16(24)18(15(23)20-17(22)25)9-11-12(19)5-3-6-13(11)21-8-4-7-14(18)21/h3,5-6,10,14H,4,7-9H2,1-2H3,(H,20,23,25)/t14-,18-/m0/s1. The molecule has 2 saturated heterocycles. The van der Waals surface area contributed by atoms with E-state index in [0.29, 0.717) is 5.02 Å². The Bertz CT molecular complexity index is 794. The zero-order valence-electron chi connectivity index (χ0n) is 14.2. The highest BCUT2D eigenvalue weighted by Gasteiger charge is 2.63. The van der Waals surface area contributed by atoms with Crippen LogP contribution >= 0.6 is 11.6 Å². The lowest BCUT2D eigenvalue weighted by atomic mass is 9.68. The van der Waals surface area contributed by atoms with Gasteiger partial charge in [0.05, 0.1) is 6.04 Å². The molecule has 2 atom stereocenters. The summed E-state index contributed by atoms with van der Waals surface area (Å²) in [6.45, 7) is 4.32. The molecule has 3 heterocycles. The predicted octanol–water partition coefficient (Wildman–Crippen LogP) is 2.34. The largest absolute Gasteiger partial charge is 0.367 e. The zero-order valence-corrected chi connectivity index (χ0v) is 15.0. The predicted molar refractivity (Wildman–Crippen MR) is 93.5 cm³/mol. The van der Waals surface area contributed by atoms with Crippen molar-refractivity contribution in [3.8, 4) is 0 Å². The third-order valence-corrected chi connectivity index (χ3v) is 6.00. The topological polar surface area (TPSA) is 69.7 Å². The van der Waals surface area contributed by atoms with Gasteiger partial charge in [0.15, 0.2) is 5.41 Å². The van der Waals surface area contributed by atoms with E-state index in [1.807, 2.05) is 12.1 Å². The molecule has 6 nitrogen and oxygen atoms in total. The minimum absolute atomic E-state index is 0.227. The highest BCUT2D eigenvalue weighted by atomic mass is 35.5. The van der Waals surface area contributed by atoms with Crippen LogP contribution in [0.1, 0.15) is 32.3 Å². The Balaban J connectivity index is 1.91. The van der Waals surface area contributed by atoms with Crippen LogP contribution in [0.5, 0.6) is 0 Å². The van der Waals surface area contributed by atoms with Gasteiger partial charge in [0.1, 0.15) is 0 Å². The molecule has 1 N–H and O–H groups in total. The first kappa shape index (κ1) is 16.4. The molecule has 7 heteroatoms. The number of carbonyl (C=O) groups is 3. The van der Waals surface area contributed by atoms with Gasteiger partial charge in [-0.15, -0.1) is 0 Å². The molecular formula is C18H20ClN3O3. The van der Waals surface area contributed by atoms with Gasteiger partial charge >= 0.3 is 6.03 Å². The van der Waals surface area contributed by atoms with E-state index >= 15 is 0 Å². The number of rotatable bonds is 1. The lowest BCUT2D eigenvalue weighted by Gasteiger charge is -2.50. The van der Waals surface area contributed by atoms with Gasteiger partial charge in [0.2, 0.25) is 11.8 Å². The highest BCUT2D eigenvalue weighted by molar-refractivity contribution is 6.32. The maximum atomic E-state index is 13.4. The van der Waals surface area contributed by atoms with Gasteiger partial charge in [0, 0.05) is 29.7 Å². The lowest BCUT2D eigenvalue weighted by Crippen LogP contribution is -2.72. The normalized spacial score (nSPS) is 28.5. The summed E-state index contributed by atoms with van der Waals surface area (Å²) in [7, 11) is 0. The number of urea groups is 1. The van der Waals surface area contributed by atoms with Gasteiger partial charge < -0.3 is 4.90 Å². The summed E-state index contributed by atoms with van der Waals surface area (Å²) in [4.78, 5) is 41.9. The fraction of sp³-hybridized carbons (Fsp3) is 0.500. The summed E-state index contributed by atoms with van der Waals surface area (Å²) in [5, 5.41) is 2.97. The number of imide groups is 2. The zero-order chi connectivity index (χ0) is 17.9. The van der Waals surface area contributed by atoms with Gasteiger partial charge in [-0.1, -0.05) is 17.7 Å². The molecule has 4 amide bonds. The van der Waals surface area contributed by atoms with Crippen molar-refractivity contribution in [2.45, 2.75) is 45.2 Å². The van der Waals surface area contributed by atoms with Crippen LogP contribution < -0.4 is 10.2 Å². The number of benzene rings is 1. The average molecular weight is 362 g/mol. The van der Waals surface area contributed by atoms with Crippen molar-refractivity contribution in [3.63, 3.8) is 0 Å². The Kier molecular flexibility index (Phi) is 3.58. The summed E-state index contributed by atoms with van der Waals surface area (Å²) in [6.07, 6.45) is 1.87. The molecule has 25 heavy (non-hydrogen) atoms.